The Balaban J connectivity index is 1.74. The number of hydrogen-bond acceptors (Lipinski definition) is 5. The van der Waals surface area contributed by atoms with Gasteiger partial charge in [0.15, 0.2) is 11.5 Å². The lowest BCUT2D eigenvalue weighted by molar-refractivity contribution is 0.140. The molecule has 3 rings (SSSR count). The van der Waals surface area contributed by atoms with Crippen LogP contribution in [0.5, 0.6) is 11.5 Å². The highest BCUT2D eigenvalue weighted by atomic mass is 16.6. The van der Waals surface area contributed by atoms with Gasteiger partial charge < -0.3 is 19.5 Å². The molecular weight excluding hydrogens is 260 g/mol. The fourth-order valence-corrected chi connectivity index (χ4v) is 2.34. The molecule has 1 fully saturated rings. The monoisotopic (exact) mass is 278 g/mol. The van der Waals surface area contributed by atoms with Crippen LogP contribution in [0.3, 0.4) is 0 Å². The number of ether oxygens (including phenoxy) is 3. The van der Waals surface area contributed by atoms with Gasteiger partial charge in [-0.15, -0.1) is 0 Å². The zero-order valence-electron chi connectivity index (χ0n) is 11.4. The van der Waals surface area contributed by atoms with E-state index in [-0.39, 0.29) is 12.2 Å². The number of rotatable bonds is 4. The molecule has 1 aromatic carbocycles. The van der Waals surface area contributed by atoms with Crippen molar-refractivity contribution >= 4 is 11.8 Å². The van der Waals surface area contributed by atoms with E-state index < -0.39 is 0 Å². The summed E-state index contributed by atoms with van der Waals surface area (Å²) in [5, 5.41) is 3.18. The van der Waals surface area contributed by atoms with E-state index in [1.807, 2.05) is 25.1 Å². The van der Waals surface area contributed by atoms with Gasteiger partial charge in [-0.2, -0.15) is 0 Å². The molecule has 1 saturated heterocycles. The van der Waals surface area contributed by atoms with Crippen LogP contribution in [0.4, 0.5) is 10.5 Å². The van der Waals surface area contributed by atoms with Crippen LogP contribution in [0.1, 0.15) is 6.92 Å². The number of benzene rings is 1. The molecule has 0 aromatic heterocycles. The molecular formula is C14H18N2O4. The first kappa shape index (κ1) is 13.1. The van der Waals surface area contributed by atoms with Crippen molar-refractivity contribution < 1.29 is 19.0 Å². The molecule has 1 aromatic rings. The molecule has 108 valence electrons. The number of cyclic esters (lactones) is 1. The number of fused-ring (bicyclic) bond motifs is 1. The number of nitrogens with zero attached hydrogens (tertiary/aromatic N) is 1. The van der Waals surface area contributed by atoms with Crippen LogP contribution < -0.4 is 19.7 Å². The molecule has 1 N–H and O–H groups in total. The maximum Gasteiger partial charge on any atom is 0.414 e. The molecule has 2 aliphatic rings. The van der Waals surface area contributed by atoms with Gasteiger partial charge in [-0.3, -0.25) is 4.90 Å². The Morgan fingerprint density at radius 2 is 2.10 bits per heavy atom. The predicted molar refractivity (Wildman–Crippen MR) is 73.6 cm³/mol. The molecule has 0 unspecified atom stereocenters. The minimum atomic E-state index is -0.315. The van der Waals surface area contributed by atoms with E-state index >= 15 is 0 Å². The summed E-state index contributed by atoms with van der Waals surface area (Å²) in [4.78, 5) is 13.5. The highest BCUT2D eigenvalue weighted by Gasteiger charge is 2.32. The zero-order chi connectivity index (χ0) is 13.9. The van der Waals surface area contributed by atoms with E-state index in [0.29, 0.717) is 32.1 Å². The first-order valence-electron chi connectivity index (χ1n) is 6.86. The molecule has 2 aliphatic heterocycles. The lowest BCUT2D eigenvalue weighted by Gasteiger charge is -2.21. The highest BCUT2D eigenvalue weighted by Crippen LogP contribution is 2.35. The lowest BCUT2D eigenvalue weighted by atomic mass is 10.2. The zero-order valence-corrected chi connectivity index (χ0v) is 11.4. The fourth-order valence-electron chi connectivity index (χ4n) is 2.34. The van der Waals surface area contributed by atoms with E-state index in [9.17, 15) is 4.79 Å². The van der Waals surface area contributed by atoms with Crippen LogP contribution in [0.2, 0.25) is 0 Å². The van der Waals surface area contributed by atoms with Crippen molar-refractivity contribution in [2.45, 2.75) is 13.0 Å². The van der Waals surface area contributed by atoms with Gasteiger partial charge in [0.05, 0.1) is 12.2 Å². The average Bonchev–Trinajstić information content (AvgIpc) is 2.85. The Kier molecular flexibility index (Phi) is 3.64. The molecule has 1 atom stereocenters. The Bertz CT molecular complexity index is 506. The minimum Gasteiger partial charge on any atom is -0.486 e. The maximum atomic E-state index is 11.9. The van der Waals surface area contributed by atoms with Gasteiger partial charge in [0.25, 0.3) is 0 Å². The number of nitrogens with one attached hydrogen (secondary N) is 1. The van der Waals surface area contributed by atoms with Gasteiger partial charge in [0.1, 0.15) is 19.3 Å². The number of anilines is 1. The summed E-state index contributed by atoms with van der Waals surface area (Å²) >= 11 is 0. The van der Waals surface area contributed by atoms with Gasteiger partial charge in [0.2, 0.25) is 0 Å². The van der Waals surface area contributed by atoms with Gasteiger partial charge in [-0.1, -0.05) is 6.92 Å². The standard InChI is InChI=1S/C14H18N2O4/c1-2-15-8-11-9-16(14(17)20-11)10-3-4-12-13(7-10)19-6-5-18-12/h3-4,7,11,15H,2,5-6,8-9H2,1H3/t11-/m1/s1. The lowest BCUT2D eigenvalue weighted by Crippen LogP contribution is -2.30. The number of carbonyl (C=O) groups is 1. The average molecular weight is 278 g/mol. The summed E-state index contributed by atoms with van der Waals surface area (Å²) in [5.41, 5.74) is 0.776. The number of likely N-dealkylation sites (N-methyl/N-ethyl adjacent to an activating group) is 1. The number of carbonyl (C=O) groups excluding carboxylic acids is 1. The van der Waals surface area contributed by atoms with Crippen LogP contribution in [0, 0.1) is 0 Å². The molecule has 0 aliphatic carbocycles. The topological polar surface area (TPSA) is 60.0 Å². The van der Waals surface area contributed by atoms with Crippen molar-refractivity contribution in [1.82, 2.24) is 5.32 Å². The summed E-state index contributed by atoms with van der Waals surface area (Å²) in [6.45, 7) is 5.19. The Morgan fingerprint density at radius 1 is 1.30 bits per heavy atom. The second-order valence-electron chi connectivity index (χ2n) is 4.75. The molecule has 2 heterocycles. The molecule has 0 bridgehead atoms. The molecule has 0 saturated carbocycles. The van der Waals surface area contributed by atoms with E-state index in [2.05, 4.69) is 5.32 Å². The predicted octanol–water partition coefficient (Wildman–Crippen LogP) is 1.39. The third-order valence-corrected chi connectivity index (χ3v) is 3.33. The van der Waals surface area contributed by atoms with Crippen LogP contribution in [-0.2, 0) is 4.74 Å². The second kappa shape index (κ2) is 5.58. The van der Waals surface area contributed by atoms with Crippen LogP contribution in [0.25, 0.3) is 0 Å². The third kappa shape index (κ3) is 2.51. The molecule has 6 nitrogen and oxygen atoms in total. The SMILES string of the molecule is CCNC[C@@H]1CN(c2ccc3c(c2)OCCO3)C(=O)O1. The molecule has 0 spiro atoms. The van der Waals surface area contributed by atoms with Crippen LogP contribution in [0.15, 0.2) is 18.2 Å². The van der Waals surface area contributed by atoms with E-state index in [4.69, 9.17) is 14.2 Å². The van der Waals surface area contributed by atoms with Crippen LogP contribution >= 0.6 is 0 Å². The fraction of sp³-hybridized carbons (Fsp3) is 0.500. The van der Waals surface area contributed by atoms with E-state index in [0.717, 1.165) is 18.0 Å². The highest BCUT2D eigenvalue weighted by molar-refractivity contribution is 5.90. The molecule has 20 heavy (non-hydrogen) atoms. The van der Waals surface area contributed by atoms with E-state index in [1.54, 1.807) is 4.90 Å². The number of amides is 1. The maximum absolute atomic E-state index is 11.9. The largest absolute Gasteiger partial charge is 0.486 e. The summed E-state index contributed by atoms with van der Waals surface area (Å²) in [6, 6.07) is 5.50. The molecule has 0 radical (unpaired) electrons. The Hall–Kier alpha value is -1.95. The first-order chi connectivity index (χ1) is 9.78. The van der Waals surface area contributed by atoms with Gasteiger partial charge in [-0.25, -0.2) is 4.79 Å². The Morgan fingerprint density at radius 3 is 2.90 bits per heavy atom. The van der Waals surface area contributed by atoms with Crippen molar-refractivity contribution in [3.05, 3.63) is 18.2 Å². The normalized spacial score (nSPS) is 20.9. The summed E-state index contributed by atoms with van der Waals surface area (Å²) in [6.07, 6.45) is -0.430. The number of hydrogen-bond donors (Lipinski definition) is 1. The summed E-state index contributed by atoms with van der Waals surface area (Å²) in [7, 11) is 0. The summed E-state index contributed by atoms with van der Waals surface area (Å²) < 4.78 is 16.3. The van der Waals surface area contributed by atoms with Gasteiger partial charge >= 0.3 is 6.09 Å². The second-order valence-corrected chi connectivity index (χ2v) is 4.75. The van der Waals surface area contributed by atoms with Crippen LogP contribution in [-0.4, -0.2) is 45.0 Å². The van der Waals surface area contributed by atoms with Crippen molar-refractivity contribution in [1.29, 1.82) is 0 Å². The van der Waals surface area contributed by atoms with Crippen molar-refractivity contribution in [2.75, 3.05) is 37.7 Å². The molecule has 1 amide bonds. The Labute approximate surface area is 117 Å². The quantitative estimate of drug-likeness (QED) is 0.902. The summed E-state index contributed by atoms with van der Waals surface area (Å²) in [5.74, 6) is 1.40. The van der Waals surface area contributed by atoms with E-state index in [1.165, 1.54) is 0 Å². The minimum absolute atomic E-state index is 0.115. The van der Waals surface area contributed by atoms with Crippen molar-refractivity contribution in [2.24, 2.45) is 0 Å². The molecule has 6 heteroatoms. The third-order valence-electron chi connectivity index (χ3n) is 3.33. The van der Waals surface area contributed by atoms with Gasteiger partial charge in [0, 0.05) is 12.6 Å². The first-order valence-corrected chi connectivity index (χ1v) is 6.86. The van der Waals surface area contributed by atoms with Crippen molar-refractivity contribution in [3.63, 3.8) is 0 Å². The van der Waals surface area contributed by atoms with Gasteiger partial charge in [-0.05, 0) is 18.7 Å². The smallest absolute Gasteiger partial charge is 0.414 e. The van der Waals surface area contributed by atoms with Crippen molar-refractivity contribution in [3.8, 4) is 11.5 Å².